The van der Waals surface area contributed by atoms with Gasteiger partial charge in [-0.1, -0.05) is 173 Å². The quantitative estimate of drug-likeness (QED) is 0.0200. The van der Waals surface area contributed by atoms with Gasteiger partial charge in [-0.2, -0.15) is 0 Å². The summed E-state index contributed by atoms with van der Waals surface area (Å²) in [6, 6.07) is -0.753. The Kier molecular flexibility index (Phi) is 39.0. The number of hydrogen-bond donors (Lipinski definition) is 0. The van der Waals surface area contributed by atoms with Gasteiger partial charge in [0.25, 0.3) is 0 Å². The molecule has 61 heavy (non-hydrogen) atoms. The van der Waals surface area contributed by atoms with E-state index < -0.39 is 24.1 Å². The molecule has 8 heteroatoms. The fourth-order valence-corrected chi connectivity index (χ4v) is 5.65. The van der Waals surface area contributed by atoms with E-state index in [2.05, 4.69) is 98.9 Å². The van der Waals surface area contributed by atoms with Crippen LogP contribution < -0.4 is 5.11 Å². The lowest BCUT2D eigenvalue weighted by Crippen LogP contribution is -2.55. The van der Waals surface area contributed by atoms with Gasteiger partial charge in [0.1, 0.15) is 12.6 Å². The molecule has 8 nitrogen and oxygen atoms in total. The van der Waals surface area contributed by atoms with Crippen LogP contribution in [0.25, 0.3) is 0 Å². The maximum Gasteiger partial charge on any atom is 0.306 e. The number of esters is 2. The zero-order valence-electron chi connectivity index (χ0n) is 38.5. The lowest BCUT2D eigenvalue weighted by Gasteiger charge is -2.34. The summed E-state index contributed by atoms with van der Waals surface area (Å²) in [4.78, 5) is 36.9. The molecule has 0 aliphatic carbocycles. The van der Waals surface area contributed by atoms with E-state index in [1.165, 1.54) is 6.42 Å². The fraction of sp³-hybridized carbons (Fsp3) is 0.528. The number of allylic oxidation sites excluding steroid dienone is 22. The Morgan fingerprint density at radius 1 is 0.525 bits per heavy atom. The van der Waals surface area contributed by atoms with E-state index in [-0.39, 0.29) is 43.1 Å². The first kappa shape index (κ1) is 56.5. The normalized spacial score (nSPS) is 14.2. The van der Waals surface area contributed by atoms with Gasteiger partial charge in [-0.05, 0) is 70.6 Å². The minimum absolute atomic E-state index is 0.00880. The number of ether oxygens (including phenoxy) is 3. The maximum absolute atomic E-state index is 12.7. The summed E-state index contributed by atoms with van der Waals surface area (Å²) >= 11 is 0. The molecule has 0 saturated heterocycles. The van der Waals surface area contributed by atoms with Gasteiger partial charge in [-0.25, -0.2) is 0 Å². The minimum atomic E-state index is -1.15. The molecule has 0 spiro atoms. The number of likely N-dealkylation sites (N-methyl/N-ethyl adjacent to an activating group) is 1. The van der Waals surface area contributed by atoms with Crippen LogP contribution in [0.5, 0.6) is 0 Å². The average molecular weight is 844 g/mol. The second-order valence-electron chi connectivity index (χ2n) is 15.7. The number of carbonyl (C=O) groups is 3. The molecule has 0 N–H and O–H groups in total. The van der Waals surface area contributed by atoms with E-state index in [1.807, 2.05) is 48.6 Å². The number of unbranched alkanes of at least 4 members (excludes halogenated alkanes) is 6. The number of quaternary nitrogens is 1. The molecule has 2 unspecified atom stereocenters. The molecule has 0 radical (unpaired) electrons. The second-order valence-corrected chi connectivity index (χ2v) is 15.7. The Hall–Kier alpha value is -4.53. The Bertz CT molecular complexity index is 1450. The molecule has 2 atom stereocenters. The van der Waals surface area contributed by atoms with Crippen molar-refractivity contribution in [2.75, 3.05) is 41.0 Å². The van der Waals surface area contributed by atoms with Crippen LogP contribution in [-0.2, 0) is 28.6 Å². The molecule has 0 aliphatic heterocycles. The van der Waals surface area contributed by atoms with E-state index >= 15 is 0 Å². The predicted octanol–water partition coefficient (Wildman–Crippen LogP) is 11.5. The summed E-state index contributed by atoms with van der Waals surface area (Å²) in [6.07, 6.45) is 60.6. The third-order valence-electron chi connectivity index (χ3n) is 9.14. The Morgan fingerprint density at radius 2 is 1.02 bits per heavy atom. The van der Waals surface area contributed by atoms with E-state index in [9.17, 15) is 19.5 Å². The molecule has 0 saturated carbocycles. The van der Waals surface area contributed by atoms with E-state index in [0.29, 0.717) is 12.8 Å². The van der Waals surface area contributed by atoms with Crippen molar-refractivity contribution >= 4 is 17.9 Å². The molecule has 0 aromatic rings. The molecule has 0 aliphatic rings. The van der Waals surface area contributed by atoms with Crippen molar-refractivity contribution in [1.29, 1.82) is 0 Å². The molecule has 0 aromatic carbocycles. The van der Waals surface area contributed by atoms with E-state index in [4.69, 9.17) is 14.2 Å². The van der Waals surface area contributed by atoms with Crippen molar-refractivity contribution in [3.05, 3.63) is 134 Å². The zero-order chi connectivity index (χ0) is 44.9. The van der Waals surface area contributed by atoms with Gasteiger partial charge in [-0.15, -0.1) is 0 Å². The highest BCUT2D eigenvalue weighted by Gasteiger charge is 2.25. The number of carboxylic acid groups (broad SMARTS) is 1. The minimum Gasteiger partial charge on any atom is -0.544 e. The molecular formula is C53H81NO7. The first-order chi connectivity index (χ1) is 29.6. The van der Waals surface area contributed by atoms with Crippen molar-refractivity contribution in [1.82, 2.24) is 0 Å². The first-order valence-corrected chi connectivity index (χ1v) is 22.8. The van der Waals surface area contributed by atoms with Gasteiger partial charge in [0, 0.05) is 19.3 Å². The lowest BCUT2D eigenvalue weighted by atomic mass is 10.1. The second kappa shape index (κ2) is 42.2. The van der Waals surface area contributed by atoms with Crippen LogP contribution in [0.15, 0.2) is 134 Å². The number of carbonyl (C=O) groups excluding carboxylic acids is 3. The standard InChI is InChI=1S/C53H81NO7/c1-6-8-10-12-14-16-18-20-22-24-26-28-30-32-34-36-38-40-42-44-52(56)61-49(47-59-46-45-50(53(57)58)54(3,4)5)48-60-51(55)43-41-39-37-35-33-31-29-27-25-23-21-19-17-15-13-11-9-7-2/h8,10-11,13-17,19-23,25-29,32,34,38,40,49-50H,6-7,9,12,18,24,30-31,33,35-37,39,41-48H2,1-5H3/b10-8+,13-11+,16-14+,17-15+,21-19+,22-20+,25-23+,28-26+,29-27+,34-32+,40-38+. The third kappa shape index (κ3) is 40.6. The molecule has 0 heterocycles. The summed E-state index contributed by atoms with van der Waals surface area (Å²) in [5.74, 6) is -1.90. The van der Waals surface area contributed by atoms with Gasteiger partial charge in [-0.3, -0.25) is 9.59 Å². The summed E-state index contributed by atoms with van der Waals surface area (Å²) < 4.78 is 17.1. The predicted molar refractivity (Wildman–Crippen MR) is 253 cm³/mol. The lowest BCUT2D eigenvalue weighted by molar-refractivity contribution is -0.889. The summed E-state index contributed by atoms with van der Waals surface area (Å²) in [7, 11) is 5.36. The largest absolute Gasteiger partial charge is 0.544 e. The smallest absolute Gasteiger partial charge is 0.306 e. The van der Waals surface area contributed by atoms with Crippen molar-refractivity contribution < 1.29 is 38.2 Å². The van der Waals surface area contributed by atoms with Crippen molar-refractivity contribution in [2.45, 2.75) is 142 Å². The maximum atomic E-state index is 12.7. The summed E-state index contributed by atoms with van der Waals surface area (Å²) in [5.41, 5.74) is 0. The molecule has 0 rings (SSSR count). The Morgan fingerprint density at radius 3 is 1.54 bits per heavy atom. The third-order valence-corrected chi connectivity index (χ3v) is 9.14. The van der Waals surface area contributed by atoms with Crippen LogP contribution >= 0.6 is 0 Å². The van der Waals surface area contributed by atoms with Gasteiger partial charge in [0.05, 0.1) is 40.3 Å². The highest BCUT2D eigenvalue weighted by atomic mass is 16.6. The topological polar surface area (TPSA) is 102 Å². The van der Waals surface area contributed by atoms with Gasteiger partial charge in [0.2, 0.25) is 0 Å². The van der Waals surface area contributed by atoms with Gasteiger partial charge in [0.15, 0.2) is 6.10 Å². The van der Waals surface area contributed by atoms with Crippen LogP contribution in [-0.4, -0.2) is 75.5 Å². The van der Waals surface area contributed by atoms with Crippen LogP contribution in [0.2, 0.25) is 0 Å². The molecule has 0 fully saturated rings. The van der Waals surface area contributed by atoms with Crippen LogP contribution in [0, 0.1) is 0 Å². The highest BCUT2D eigenvalue weighted by molar-refractivity contribution is 5.70. The first-order valence-electron chi connectivity index (χ1n) is 22.8. The number of rotatable bonds is 38. The Labute approximate surface area is 371 Å². The Balaban J connectivity index is 4.55. The fourth-order valence-electron chi connectivity index (χ4n) is 5.65. The number of carboxylic acids is 1. The van der Waals surface area contributed by atoms with Crippen LogP contribution in [0.3, 0.4) is 0 Å². The molecule has 340 valence electrons. The van der Waals surface area contributed by atoms with Gasteiger partial charge < -0.3 is 28.6 Å². The van der Waals surface area contributed by atoms with Crippen molar-refractivity contribution in [2.24, 2.45) is 0 Å². The highest BCUT2D eigenvalue weighted by Crippen LogP contribution is 2.11. The number of nitrogens with zero attached hydrogens (tertiary/aromatic N) is 1. The molecular weight excluding hydrogens is 763 g/mol. The molecule has 0 amide bonds. The van der Waals surface area contributed by atoms with E-state index in [1.54, 1.807) is 21.1 Å². The monoisotopic (exact) mass is 844 g/mol. The molecule has 0 bridgehead atoms. The van der Waals surface area contributed by atoms with Crippen LogP contribution in [0.4, 0.5) is 0 Å². The van der Waals surface area contributed by atoms with E-state index in [0.717, 1.165) is 83.5 Å². The van der Waals surface area contributed by atoms with Crippen molar-refractivity contribution in [3.8, 4) is 0 Å². The summed E-state index contributed by atoms with van der Waals surface area (Å²) in [5, 5.41) is 11.6. The average Bonchev–Trinajstić information content (AvgIpc) is 3.22. The SMILES string of the molecule is CC/C=C/C/C=C/C/C=C/C/C=C/C/C=C/C/C=C/CCC(=O)OC(COCCC(C(=O)[O-])[N+](C)(C)C)COC(=O)CCCCCCC/C=C/C=C/C=C/C=C/C=C/CCC. The zero-order valence-corrected chi connectivity index (χ0v) is 38.5. The van der Waals surface area contributed by atoms with Crippen molar-refractivity contribution in [3.63, 3.8) is 0 Å². The van der Waals surface area contributed by atoms with Crippen LogP contribution in [0.1, 0.15) is 129 Å². The number of hydrogen-bond acceptors (Lipinski definition) is 7. The summed E-state index contributed by atoms with van der Waals surface area (Å²) in [6.45, 7) is 4.32. The number of aliphatic carboxylic acids is 1. The van der Waals surface area contributed by atoms with Gasteiger partial charge >= 0.3 is 11.9 Å². The molecule has 0 aromatic heterocycles.